The fraction of sp³-hybridized carbons (Fsp3) is 0.636. The maximum absolute atomic E-state index is 11.8. The number of carbonyl (C=O) groups excluding carboxylic acids is 1. The van der Waals surface area contributed by atoms with Gasteiger partial charge in [-0.25, -0.2) is 4.79 Å². The van der Waals surface area contributed by atoms with E-state index in [4.69, 9.17) is 11.5 Å². The Kier molecular flexibility index (Phi) is 4.32. The third-order valence-corrected chi connectivity index (χ3v) is 2.79. The minimum atomic E-state index is -1.09. The van der Waals surface area contributed by atoms with Gasteiger partial charge < -0.3 is 15.7 Å². The first-order valence-corrected chi connectivity index (χ1v) is 5.23. The number of hydrogen-bond donors (Lipinski definition) is 3. The van der Waals surface area contributed by atoms with Crippen molar-refractivity contribution < 1.29 is 14.7 Å². The Morgan fingerprint density at radius 1 is 1.62 bits per heavy atom. The molecule has 0 bridgehead atoms. The maximum atomic E-state index is 11.8. The molecule has 3 atom stereocenters. The molecule has 1 rings (SSSR count). The Morgan fingerprint density at radius 3 is 2.75 bits per heavy atom. The highest BCUT2D eigenvalue weighted by atomic mass is 16.4. The van der Waals surface area contributed by atoms with Crippen molar-refractivity contribution in [2.75, 3.05) is 13.1 Å². The summed E-state index contributed by atoms with van der Waals surface area (Å²) in [5.41, 5.74) is 0. The largest absolute Gasteiger partial charge is 0.480 e. The zero-order chi connectivity index (χ0) is 12.1. The molecule has 0 aromatic heterocycles. The Bertz CT molecular complexity index is 322. The van der Waals surface area contributed by atoms with Gasteiger partial charge >= 0.3 is 5.97 Å². The second kappa shape index (κ2) is 5.52. The predicted molar refractivity (Wildman–Crippen MR) is 58.5 cm³/mol. The summed E-state index contributed by atoms with van der Waals surface area (Å²) in [6.45, 7) is 3.33. The normalized spacial score (nSPS) is 25.8. The fourth-order valence-corrected chi connectivity index (χ4v) is 1.76. The van der Waals surface area contributed by atoms with Crippen molar-refractivity contribution in [1.82, 2.24) is 10.6 Å². The molecule has 1 amide bonds. The highest BCUT2D eigenvalue weighted by Gasteiger charge is 2.31. The van der Waals surface area contributed by atoms with Crippen molar-refractivity contribution in [3.8, 4) is 12.3 Å². The number of rotatable bonds is 4. The molecule has 88 valence electrons. The fourth-order valence-electron chi connectivity index (χ4n) is 1.76. The number of carbonyl (C=O) groups is 2. The van der Waals surface area contributed by atoms with Crippen LogP contribution < -0.4 is 10.6 Å². The van der Waals surface area contributed by atoms with Crippen LogP contribution in [0.4, 0.5) is 0 Å². The minimum Gasteiger partial charge on any atom is -0.480 e. The number of aliphatic carboxylic acids is 1. The minimum absolute atomic E-state index is 0.00953. The van der Waals surface area contributed by atoms with Gasteiger partial charge in [-0.05, 0) is 12.5 Å². The van der Waals surface area contributed by atoms with E-state index in [1.807, 2.05) is 6.92 Å². The van der Waals surface area contributed by atoms with Gasteiger partial charge in [0, 0.05) is 13.0 Å². The summed E-state index contributed by atoms with van der Waals surface area (Å²) in [6, 6.07) is -0.981. The van der Waals surface area contributed by atoms with Crippen molar-refractivity contribution in [3.63, 3.8) is 0 Å². The summed E-state index contributed by atoms with van der Waals surface area (Å²) >= 11 is 0. The van der Waals surface area contributed by atoms with E-state index in [1.165, 1.54) is 0 Å². The van der Waals surface area contributed by atoms with E-state index in [0.29, 0.717) is 6.54 Å². The summed E-state index contributed by atoms with van der Waals surface area (Å²) in [7, 11) is 0. The standard InChI is InChI=1S/C11H16N2O3/c1-3-4-9(11(15)16)13-10(14)8-6-12-5-7(8)2/h1,7-9,12H,4-6H2,2H3,(H,13,14)(H,15,16). The lowest BCUT2D eigenvalue weighted by molar-refractivity contribution is -0.142. The smallest absolute Gasteiger partial charge is 0.327 e. The van der Waals surface area contributed by atoms with Gasteiger partial charge in [0.1, 0.15) is 6.04 Å². The Morgan fingerprint density at radius 2 is 2.31 bits per heavy atom. The van der Waals surface area contributed by atoms with Crippen molar-refractivity contribution in [3.05, 3.63) is 0 Å². The van der Waals surface area contributed by atoms with Gasteiger partial charge in [-0.3, -0.25) is 4.79 Å². The molecule has 1 saturated heterocycles. The highest BCUT2D eigenvalue weighted by molar-refractivity contribution is 5.85. The maximum Gasteiger partial charge on any atom is 0.327 e. The van der Waals surface area contributed by atoms with Crippen molar-refractivity contribution in [1.29, 1.82) is 0 Å². The van der Waals surface area contributed by atoms with Crippen LogP contribution in [0.2, 0.25) is 0 Å². The molecule has 0 aromatic rings. The summed E-state index contributed by atoms with van der Waals surface area (Å²) in [6.07, 6.45) is 5.06. The molecule has 0 saturated carbocycles. The third-order valence-electron chi connectivity index (χ3n) is 2.79. The van der Waals surface area contributed by atoms with Crippen LogP contribution in [-0.2, 0) is 9.59 Å². The number of terminal acetylenes is 1. The van der Waals surface area contributed by atoms with Gasteiger partial charge in [0.25, 0.3) is 0 Å². The molecule has 5 nitrogen and oxygen atoms in total. The van der Waals surface area contributed by atoms with Crippen molar-refractivity contribution in [2.45, 2.75) is 19.4 Å². The zero-order valence-electron chi connectivity index (χ0n) is 9.19. The van der Waals surface area contributed by atoms with Gasteiger partial charge in [0.2, 0.25) is 5.91 Å². The molecule has 0 aliphatic carbocycles. The summed E-state index contributed by atoms with van der Waals surface area (Å²) in [4.78, 5) is 22.6. The first-order valence-electron chi connectivity index (χ1n) is 5.23. The Labute approximate surface area is 94.6 Å². The first kappa shape index (κ1) is 12.5. The first-order chi connectivity index (χ1) is 7.56. The second-order valence-corrected chi connectivity index (χ2v) is 4.05. The van der Waals surface area contributed by atoms with Crippen molar-refractivity contribution >= 4 is 11.9 Å². The predicted octanol–water partition coefficient (Wildman–Crippen LogP) is -0.565. The van der Waals surface area contributed by atoms with Crippen LogP contribution in [0.5, 0.6) is 0 Å². The molecule has 0 radical (unpaired) electrons. The quantitative estimate of drug-likeness (QED) is 0.559. The van der Waals surface area contributed by atoms with Crippen molar-refractivity contribution in [2.24, 2.45) is 11.8 Å². The van der Waals surface area contributed by atoms with Gasteiger partial charge in [0.15, 0.2) is 0 Å². The molecule has 0 aromatic carbocycles. The van der Waals surface area contributed by atoms with Crippen LogP contribution in [0.3, 0.4) is 0 Å². The molecule has 3 N–H and O–H groups in total. The van der Waals surface area contributed by atoms with Gasteiger partial charge in [-0.2, -0.15) is 0 Å². The molecular formula is C11H16N2O3. The van der Waals surface area contributed by atoms with E-state index in [-0.39, 0.29) is 24.2 Å². The second-order valence-electron chi connectivity index (χ2n) is 4.05. The van der Waals surface area contributed by atoms with E-state index < -0.39 is 12.0 Å². The number of amides is 1. The van der Waals surface area contributed by atoms with Crippen LogP contribution >= 0.6 is 0 Å². The van der Waals surface area contributed by atoms with Crippen LogP contribution in [0.1, 0.15) is 13.3 Å². The molecule has 16 heavy (non-hydrogen) atoms. The lowest BCUT2D eigenvalue weighted by Gasteiger charge is -2.17. The topological polar surface area (TPSA) is 78.4 Å². The number of nitrogens with one attached hydrogen (secondary N) is 2. The average Bonchev–Trinajstić information content (AvgIpc) is 2.63. The SMILES string of the molecule is C#CCC(NC(=O)C1CNCC1C)C(=O)O. The lowest BCUT2D eigenvalue weighted by Crippen LogP contribution is -2.44. The molecule has 0 spiro atoms. The summed E-state index contributed by atoms with van der Waals surface area (Å²) in [5.74, 6) is 0.972. The molecule has 1 aliphatic rings. The lowest BCUT2D eigenvalue weighted by atomic mass is 9.97. The number of carboxylic acids is 1. The molecule has 3 unspecified atom stereocenters. The Hall–Kier alpha value is -1.54. The molecule has 1 aliphatic heterocycles. The highest BCUT2D eigenvalue weighted by Crippen LogP contribution is 2.16. The summed E-state index contributed by atoms with van der Waals surface area (Å²) in [5, 5.41) is 14.4. The van der Waals surface area contributed by atoms with Crippen LogP contribution in [0, 0.1) is 24.2 Å². The van der Waals surface area contributed by atoms with Crippen LogP contribution in [0.15, 0.2) is 0 Å². The molecule has 1 heterocycles. The zero-order valence-corrected chi connectivity index (χ0v) is 9.19. The van der Waals surface area contributed by atoms with E-state index in [9.17, 15) is 9.59 Å². The van der Waals surface area contributed by atoms with Crippen LogP contribution in [0.25, 0.3) is 0 Å². The monoisotopic (exact) mass is 224 g/mol. The molecule has 5 heteroatoms. The van der Waals surface area contributed by atoms with Gasteiger partial charge in [-0.15, -0.1) is 12.3 Å². The molecular weight excluding hydrogens is 208 g/mol. The van der Waals surface area contributed by atoms with Crippen LogP contribution in [-0.4, -0.2) is 36.1 Å². The number of hydrogen-bond acceptors (Lipinski definition) is 3. The summed E-state index contributed by atoms with van der Waals surface area (Å²) < 4.78 is 0. The van der Waals surface area contributed by atoms with E-state index in [1.54, 1.807) is 0 Å². The third kappa shape index (κ3) is 2.97. The number of carboxylic acid groups (broad SMARTS) is 1. The Balaban J connectivity index is 2.55. The van der Waals surface area contributed by atoms with Gasteiger partial charge in [-0.1, -0.05) is 6.92 Å². The van der Waals surface area contributed by atoms with E-state index in [0.717, 1.165) is 6.54 Å². The van der Waals surface area contributed by atoms with E-state index in [2.05, 4.69) is 16.6 Å². The average molecular weight is 224 g/mol. The molecule has 1 fully saturated rings. The van der Waals surface area contributed by atoms with E-state index >= 15 is 0 Å². The van der Waals surface area contributed by atoms with Gasteiger partial charge in [0.05, 0.1) is 5.92 Å².